The average Bonchev–Trinajstić information content (AvgIpc) is 3.32. The monoisotopic (exact) mass is 515 g/mol. The molecular weight excluding hydrogens is 500 g/mol. The fourth-order valence-corrected chi connectivity index (χ4v) is 3.96. The van der Waals surface area contributed by atoms with Crippen molar-refractivity contribution in [2.24, 2.45) is 0 Å². The molecule has 2 aromatic heterocycles. The molecule has 0 saturated carbocycles. The molecular formula is C22H15F6N3O3S. The van der Waals surface area contributed by atoms with Crippen LogP contribution in [-0.4, -0.2) is 28.9 Å². The number of hydrogen-bond donors (Lipinski definition) is 1. The average molecular weight is 515 g/mol. The quantitative estimate of drug-likeness (QED) is 0.241. The third kappa shape index (κ3) is 4.94. The molecule has 0 aliphatic heterocycles. The van der Waals surface area contributed by atoms with Crippen molar-refractivity contribution in [3.8, 4) is 11.4 Å². The van der Waals surface area contributed by atoms with Gasteiger partial charge in [0.2, 0.25) is 0 Å². The molecule has 0 amide bonds. The maximum atomic E-state index is 14.7. The van der Waals surface area contributed by atoms with E-state index in [0.29, 0.717) is 22.8 Å². The highest BCUT2D eigenvalue weighted by molar-refractivity contribution is 8.00. The van der Waals surface area contributed by atoms with E-state index in [1.807, 2.05) is 0 Å². The predicted molar refractivity (Wildman–Crippen MR) is 117 cm³/mol. The van der Waals surface area contributed by atoms with Gasteiger partial charge in [-0.1, -0.05) is 5.16 Å². The number of benzene rings is 2. The summed E-state index contributed by atoms with van der Waals surface area (Å²) in [4.78, 5) is 13.4. The van der Waals surface area contributed by atoms with Crippen molar-refractivity contribution < 1.29 is 35.6 Å². The highest BCUT2D eigenvalue weighted by atomic mass is 32.2. The number of alkyl halides is 5. The third-order valence-electron chi connectivity index (χ3n) is 4.99. The fourth-order valence-electron chi connectivity index (χ4n) is 3.31. The smallest absolute Gasteiger partial charge is 0.453 e. The Kier molecular flexibility index (Phi) is 6.45. The molecule has 4 aromatic rings. The van der Waals surface area contributed by atoms with Crippen LogP contribution in [0.25, 0.3) is 16.6 Å². The van der Waals surface area contributed by atoms with E-state index in [-0.39, 0.29) is 11.4 Å². The van der Waals surface area contributed by atoms with Crippen LogP contribution in [0.5, 0.6) is 5.75 Å². The summed E-state index contributed by atoms with van der Waals surface area (Å²) in [6.45, 7) is 0. The molecule has 0 bridgehead atoms. The van der Waals surface area contributed by atoms with Gasteiger partial charge in [0, 0.05) is 29.5 Å². The second kappa shape index (κ2) is 9.21. The second-order valence-electron chi connectivity index (χ2n) is 7.31. The Balaban J connectivity index is 1.75. The van der Waals surface area contributed by atoms with Crippen LogP contribution in [0.2, 0.25) is 0 Å². The van der Waals surface area contributed by atoms with Crippen molar-refractivity contribution in [2.75, 3.05) is 11.8 Å². The van der Waals surface area contributed by atoms with Gasteiger partial charge in [0.25, 0.3) is 5.56 Å². The first kappa shape index (κ1) is 24.5. The van der Waals surface area contributed by atoms with Crippen molar-refractivity contribution in [2.45, 2.75) is 23.4 Å². The zero-order valence-corrected chi connectivity index (χ0v) is 18.5. The Morgan fingerprint density at radius 2 is 1.86 bits per heavy atom. The predicted octanol–water partition coefficient (Wildman–Crippen LogP) is 5.99. The largest absolute Gasteiger partial charge is 0.495 e. The minimum atomic E-state index is -5.85. The van der Waals surface area contributed by atoms with Gasteiger partial charge in [-0.3, -0.25) is 9.36 Å². The minimum Gasteiger partial charge on any atom is -0.495 e. The number of nitrogens with zero attached hydrogens (tertiary/aromatic N) is 2. The highest BCUT2D eigenvalue weighted by Crippen LogP contribution is 2.40. The van der Waals surface area contributed by atoms with Gasteiger partial charge in [0.05, 0.1) is 18.3 Å². The number of fused-ring (bicyclic) bond motifs is 1. The van der Waals surface area contributed by atoms with Crippen molar-refractivity contribution in [3.63, 3.8) is 0 Å². The molecule has 1 N–H and O–H groups in total. The number of nitrogens with one attached hydrogen (secondary N) is 1. The maximum Gasteiger partial charge on any atom is 0.453 e. The van der Waals surface area contributed by atoms with Crippen molar-refractivity contribution in [3.05, 3.63) is 76.5 Å². The summed E-state index contributed by atoms with van der Waals surface area (Å²) in [6, 6.07) is 10.8. The first-order valence-corrected chi connectivity index (χ1v) is 10.6. The summed E-state index contributed by atoms with van der Waals surface area (Å²) in [6.07, 6.45) is -6.37. The highest BCUT2D eigenvalue weighted by Gasteiger charge is 2.57. The van der Waals surface area contributed by atoms with Gasteiger partial charge < -0.3 is 14.0 Å². The van der Waals surface area contributed by atoms with E-state index in [1.54, 1.807) is 24.3 Å². The molecule has 0 radical (unpaired) electrons. The number of rotatable bonds is 7. The van der Waals surface area contributed by atoms with Crippen LogP contribution in [0.15, 0.2) is 69.0 Å². The van der Waals surface area contributed by atoms with Crippen LogP contribution < -0.4 is 15.0 Å². The van der Waals surface area contributed by atoms with Crippen LogP contribution in [0, 0.1) is 5.82 Å². The number of pyridine rings is 1. The lowest BCUT2D eigenvalue weighted by molar-refractivity contribution is -0.281. The molecule has 0 fully saturated rings. The summed E-state index contributed by atoms with van der Waals surface area (Å²) >= 11 is 1.21. The zero-order chi connectivity index (χ0) is 25.4. The van der Waals surface area contributed by atoms with Gasteiger partial charge in [-0.15, -0.1) is 0 Å². The van der Waals surface area contributed by atoms with Crippen LogP contribution in [0.1, 0.15) is 5.56 Å². The van der Waals surface area contributed by atoms with E-state index in [4.69, 9.17) is 9.26 Å². The lowest BCUT2D eigenvalue weighted by Gasteiger charge is -2.21. The molecule has 2 heterocycles. The van der Waals surface area contributed by atoms with Gasteiger partial charge in [-0.05, 0) is 53.2 Å². The van der Waals surface area contributed by atoms with Gasteiger partial charge >= 0.3 is 12.1 Å². The molecule has 0 aliphatic carbocycles. The Labute approximate surface area is 197 Å². The van der Waals surface area contributed by atoms with Gasteiger partial charge in [0.1, 0.15) is 17.8 Å². The number of aromatic nitrogens is 2. The Morgan fingerprint density at radius 3 is 2.51 bits per heavy atom. The number of anilines is 1. The summed E-state index contributed by atoms with van der Waals surface area (Å²) in [5, 5.41) is 4.28. The minimum absolute atomic E-state index is 0.152. The third-order valence-corrected chi connectivity index (χ3v) is 5.79. The van der Waals surface area contributed by atoms with Gasteiger partial charge in [0.15, 0.2) is 5.82 Å². The maximum absolute atomic E-state index is 14.7. The van der Waals surface area contributed by atoms with E-state index in [2.05, 4.69) is 9.88 Å². The van der Waals surface area contributed by atoms with E-state index in [0.717, 1.165) is 22.6 Å². The molecule has 0 unspecified atom stereocenters. The topological polar surface area (TPSA) is 69.3 Å². The van der Waals surface area contributed by atoms with Gasteiger partial charge in [-0.25, -0.2) is 4.39 Å². The summed E-state index contributed by atoms with van der Waals surface area (Å²) in [7, 11) is 1.13. The van der Waals surface area contributed by atoms with Crippen LogP contribution >= 0.6 is 11.9 Å². The molecule has 35 heavy (non-hydrogen) atoms. The fraction of sp³-hybridized carbons (Fsp3) is 0.182. The standard InChI is InChI=1S/C22H15F6N3O3S/c1-33-18-9-13(11-21(24,25)22(26,27)28)15(23)10-17(18)31-16-4-3-14(8-12(16)2-5-20(31)32)35-30-19-6-7-34-29-19/h2-10H,11H2,1H3,(H,29,30). The number of halogens is 6. The molecule has 0 aliphatic rings. The molecule has 13 heteroatoms. The van der Waals surface area contributed by atoms with Gasteiger partial charge in [-0.2, -0.15) is 22.0 Å². The number of methoxy groups -OCH3 is 1. The summed E-state index contributed by atoms with van der Waals surface area (Å²) < 4.78 is 93.5. The second-order valence-corrected chi connectivity index (χ2v) is 8.19. The molecule has 184 valence electrons. The normalized spacial score (nSPS) is 12.2. The first-order chi connectivity index (χ1) is 16.5. The number of ether oxygens (including phenoxy) is 1. The Bertz CT molecular complexity index is 1420. The van der Waals surface area contributed by atoms with Crippen molar-refractivity contribution >= 4 is 28.7 Å². The van der Waals surface area contributed by atoms with Crippen LogP contribution in [-0.2, 0) is 6.42 Å². The summed E-state index contributed by atoms with van der Waals surface area (Å²) in [5.41, 5.74) is -1.32. The molecule has 4 rings (SSSR count). The Hall–Kier alpha value is -3.61. The lowest BCUT2D eigenvalue weighted by atomic mass is 10.0. The molecule has 0 atom stereocenters. The molecule has 6 nitrogen and oxygen atoms in total. The van der Waals surface area contributed by atoms with E-state index < -0.39 is 35.5 Å². The van der Waals surface area contributed by atoms with E-state index >= 15 is 0 Å². The number of hydrogen-bond acceptors (Lipinski definition) is 6. The summed E-state index contributed by atoms with van der Waals surface area (Å²) in [5.74, 6) is -6.25. The Morgan fingerprint density at radius 1 is 1.09 bits per heavy atom. The first-order valence-electron chi connectivity index (χ1n) is 9.80. The zero-order valence-electron chi connectivity index (χ0n) is 17.7. The van der Waals surface area contributed by atoms with E-state index in [1.165, 1.54) is 30.3 Å². The molecule has 2 aromatic carbocycles. The van der Waals surface area contributed by atoms with Crippen LogP contribution in [0.3, 0.4) is 0 Å². The van der Waals surface area contributed by atoms with E-state index in [9.17, 15) is 31.1 Å². The lowest BCUT2D eigenvalue weighted by Crippen LogP contribution is -2.38. The van der Waals surface area contributed by atoms with Crippen molar-refractivity contribution in [1.82, 2.24) is 9.72 Å². The molecule has 0 saturated heterocycles. The molecule has 0 spiro atoms. The van der Waals surface area contributed by atoms with Crippen LogP contribution in [0.4, 0.5) is 32.2 Å². The SMILES string of the molecule is COc1cc(CC(F)(F)C(F)(F)F)c(F)cc1-n1c(=O)ccc2cc(SNc3ccon3)ccc21. The van der Waals surface area contributed by atoms with Crippen molar-refractivity contribution in [1.29, 1.82) is 0 Å².